The van der Waals surface area contributed by atoms with Gasteiger partial charge in [-0.3, -0.25) is 0 Å². The Morgan fingerprint density at radius 3 is 2.63 bits per heavy atom. The van der Waals surface area contributed by atoms with Crippen LogP contribution in [-0.2, 0) is 13.0 Å². The average molecular weight is 425 g/mol. The first-order chi connectivity index (χ1) is 14.7. The lowest BCUT2D eigenvalue weighted by atomic mass is 9.94. The van der Waals surface area contributed by atoms with E-state index in [4.69, 9.17) is 21.7 Å². The molecule has 1 N–H and O–H groups in total. The van der Waals surface area contributed by atoms with Gasteiger partial charge in [0.15, 0.2) is 5.11 Å². The number of hydrogen-bond donors (Lipinski definition) is 1. The van der Waals surface area contributed by atoms with Crippen molar-refractivity contribution in [2.75, 3.05) is 27.3 Å². The first-order valence-electron chi connectivity index (χ1n) is 10.6. The molecule has 1 aliphatic rings. The van der Waals surface area contributed by atoms with Crippen molar-refractivity contribution >= 4 is 17.3 Å². The predicted octanol–water partition coefficient (Wildman–Crippen LogP) is 4.98. The largest absolute Gasteiger partial charge is 0.497 e. The third kappa shape index (κ3) is 6.49. The summed E-state index contributed by atoms with van der Waals surface area (Å²) in [4.78, 5) is 2.32. The van der Waals surface area contributed by atoms with Crippen LogP contribution in [0.4, 0.5) is 0 Å². The number of hydrogen-bond acceptors (Lipinski definition) is 3. The van der Waals surface area contributed by atoms with Gasteiger partial charge in [0.25, 0.3) is 0 Å². The molecule has 1 aliphatic carbocycles. The summed E-state index contributed by atoms with van der Waals surface area (Å²) in [5.41, 5.74) is 2.42. The highest BCUT2D eigenvalue weighted by Crippen LogP contribution is 2.25. The minimum atomic E-state index is 0.653. The molecule has 0 heterocycles. The zero-order valence-corrected chi connectivity index (χ0v) is 18.8. The van der Waals surface area contributed by atoms with E-state index in [1.54, 1.807) is 14.2 Å². The van der Waals surface area contributed by atoms with Gasteiger partial charge in [0, 0.05) is 25.7 Å². The SMILES string of the molecule is COc1ccc(CCNC(=S)N(Cc2ccccc2)CC2CC=CCC2)c(OC)c1. The number of thiocarbonyl (C=S) groups is 1. The lowest BCUT2D eigenvalue weighted by Gasteiger charge is -2.31. The molecule has 30 heavy (non-hydrogen) atoms. The molecule has 0 radical (unpaired) electrons. The molecule has 0 bridgehead atoms. The van der Waals surface area contributed by atoms with Gasteiger partial charge < -0.3 is 19.7 Å². The van der Waals surface area contributed by atoms with E-state index in [2.05, 4.69) is 58.8 Å². The van der Waals surface area contributed by atoms with Crippen molar-refractivity contribution < 1.29 is 9.47 Å². The Labute approximate surface area is 185 Å². The van der Waals surface area contributed by atoms with Crippen LogP contribution >= 0.6 is 12.2 Å². The van der Waals surface area contributed by atoms with E-state index in [0.717, 1.165) is 54.7 Å². The van der Waals surface area contributed by atoms with E-state index >= 15 is 0 Å². The number of nitrogens with zero attached hydrogens (tertiary/aromatic N) is 1. The smallest absolute Gasteiger partial charge is 0.169 e. The fraction of sp³-hybridized carbons (Fsp3) is 0.400. The van der Waals surface area contributed by atoms with Gasteiger partial charge in [-0.1, -0.05) is 48.6 Å². The molecule has 0 amide bonds. The second-order valence-electron chi connectivity index (χ2n) is 7.68. The third-order valence-corrected chi connectivity index (χ3v) is 5.93. The second kappa shape index (κ2) is 11.6. The van der Waals surface area contributed by atoms with Crippen LogP contribution in [0.2, 0.25) is 0 Å². The highest BCUT2D eigenvalue weighted by Gasteiger charge is 2.18. The van der Waals surface area contributed by atoms with E-state index in [9.17, 15) is 0 Å². The van der Waals surface area contributed by atoms with Gasteiger partial charge in [0.2, 0.25) is 0 Å². The molecule has 0 spiro atoms. The minimum absolute atomic E-state index is 0.653. The molecule has 2 aromatic carbocycles. The summed E-state index contributed by atoms with van der Waals surface area (Å²) < 4.78 is 10.8. The predicted molar refractivity (Wildman–Crippen MR) is 127 cm³/mol. The van der Waals surface area contributed by atoms with Gasteiger partial charge in [-0.2, -0.15) is 0 Å². The number of nitrogens with one attached hydrogen (secondary N) is 1. The van der Waals surface area contributed by atoms with Gasteiger partial charge in [-0.25, -0.2) is 0 Å². The Balaban J connectivity index is 1.60. The van der Waals surface area contributed by atoms with E-state index in [1.165, 1.54) is 18.4 Å². The Kier molecular flexibility index (Phi) is 8.57. The minimum Gasteiger partial charge on any atom is -0.497 e. The van der Waals surface area contributed by atoms with Crippen molar-refractivity contribution in [3.63, 3.8) is 0 Å². The number of rotatable bonds is 9. The van der Waals surface area contributed by atoms with Crippen LogP contribution < -0.4 is 14.8 Å². The number of benzene rings is 2. The standard InChI is InChI=1S/C25H32N2O2S/c1-28-23-14-13-22(24(17-23)29-2)15-16-26-25(30)27(18-20-9-5-3-6-10-20)19-21-11-7-4-8-12-21/h3-7,9-10,13-14,17,21H,8,11-12,15-16,18-19H2,1-2H3,(H,26,30). The van der Waals surface area contributed by atoms with Crippen molar-refractivity contribution in [2.24, 2.45) is 5.92 Å². The third-order valence-electron chi connectivity index (χ3n) is 5.52. The lowest BCUT2D eigenvalue weighted by Crippen LogP contribution is -2.42. The first kappa shape index (κ1) is 22.2. The summed E-state index contributed by atoms with van der Waals surface area (Å²) in [5, 5.41) is 4.29. The highest BCUT2D eigenvalue weighted by molar-refractivity contribution is 7.80. The zero-order valence-electron chi connectivity index (χ0n) is 18.0. The van der Waals surface area contributed by atoms with E-state index < -0.39 is 0 Å². The van der Waals surface area contributed by atoms with Crippen molar-refractivity contribution in [2.45, 2.75) is 32.2 Å². The maximum atomic E-state index is 5.80. The van der Waals surface area contributed by atoms with Gasteiger partial charge in [0.05, 0.1) is 14.2 Å². The summed E-state index contributed by atoms with van der Waals surface area (Å²) in [6.45, 7) is 2.58. The quantitative estimate of drug-likeness (QED) is 0.454. The first-order valence-corrected chi connectivity index (χ1v) is 11.0. The molecule has 0 saturated carbocycles. The Hall–Kier alpha value is -2.53. The molecule has 3 rings (SSSR count). The Morgan fingerprint density at radius 1 is 1.10 bits per heavy atom. The molecule has 0 aromatic heterocycles. The molecule has 4 nitrogen and oxygen atoms in total. The normalized spacial score (nSPS) is 15.5. The molecule has 1 unspecified atom stereocenters. The molecule has 0 aliphatic heterocycles. The number of ether oxygens (including phenoxy) is 2. The lowest BCUT2D eigenvalue weighted by molar-refractivity contribution is 0.312. The molecule has 1 atom stereocenters. The molecule has 0 saturated heterocycles. The second-order valence-corrected chi connectivity index (χ2v) is 8.06. The Bertz CT molecular complexity index is 838. The molecule has 160 valence electrons. The van der Waals surface area contributed by atoms with Crippen LogP contribution in [0.25, 0.3) is 0 Å². The van der Waals surface area contributed by atoms with E-state index in [0.29, 0.717) is 5.92 Å². The fourth-order valence-corrected chi connectivity index (χ4v) is 4.07. The highest BCUT2D eigenvalue weighted by atomic mass is 32.1. The van der Waals surface area contributed by atoms with Gasteiger partial charge in [-0.15, -0.1) is 0 Å². The van der Waals surface area contributed by atoms with E-state index in [1.807, 2.05) is 12.1 Å². The van der Waals surface area contributed by atoms with Crippen LogP contribution in [0.1, 0.15) is 30.4 Å². The van der Waals surface area contributed by atoms with Crippen molar-refractivity contribution in [1.29, 1.82) is 0 Å². The average Bonchev–Trinajstić information content (AvgIpc) is 2.80. The van der Waals surface area contributed by atoms with Crippen LogP contribution in [0.3, 0.4) is 0 Å². The maximum Gasteiger partial charge on any atom is 0.169 e. The summed E-state index contributed by atoms with van der Waals surface area (Å²) in [6, 6.07) is 16.5. The van der Waals surface area contributed by atoms with Crippen molar-refractivity contribution in [3.8, 4) is 11.5 Å². The van der Waals surface area contributed by atoms with Crippen molar-refractivity contribution in [1.82, 2.24) is 10.2 Å². The van der Waals surface area contributed by atoms with Crippen LogP contribution in [0, 0.1) is 5.92 Å². The number of allylic oxidation sites excluding steroid dienone is 2. The monoisotopic (exact) mass is 424 g/mol. The topological polar surface area (TPSA) is 33.7 Å². The molecular formula is C25H32N2O2S. The van der Waals surface area contributed by atoms with Gasteiger partial charge in [-0.05, 0) is 61.0 Å². The number of methoxy groups -OCH3 is 2. The molecule has 2 aromatic rings. The van der Waals surface area contributed by atoms with Gasteiger partial charge >= 0.3 is 0 Å². The van der Waals surface area contributed by atoms with Crippen LogP contribution in [0.5, 0.6) is 11.5 Å². The summed E-state index contributed by atoms with van der Waals surface area (Å²) >= 11 is 5.80. The summed E-state index contributed by atoms with van der Waals surface area (Å²) in [6.07, 6.45) is 8.96. The summed E-state index contributed by atoms with van der Waals surface area (Å²) in [7, 11) is 3.36. The van der Waals surface area contributed by atoms with Gasteiger partial charge in [0.1, 0.15) is 11.5 Å². The van der Waals surface area contributed by atoms with E-state index in [-0.39, 0.29) is 0 Å². The van der Waals surface area contributed by atoms with Crippen LogP contribution in [0.15, 0.2) is 60.7 Å². The maximum absolute atomic E-state index is 5.80. The molecule has 5 heteroatoms. The van der Waals surface area contributed by atoms with Crippen LogP contribution in [-0.4, -0.2) is 37.3 Å². The Morgan fingerprint density at radius 2 is 1.93 bits per heavy atom. The van der Waals surface area contributed by atoms with Crippen molar-refractivity contribution in [3.05, 3.63) is 71.8 Å². The molecular weight excluding hydrogens is 392 g/mol. The molecule has 0 fully saturated rings. The zero-order chi connectivity index (χ0) is 21.2. The fourth-order valence-electron chi connectivity index (χ4n) is 3.83. The summed E-state index contributed by atoms with van der Waals surface area (Å²) in [5.74, 6) is 2.30.